The Morgan fingerprint density at radius 2 is 2.05 bits per heavy atom. The van der Waals surface area contributed by atoms with Crippen LogP contribution >= 0.6 is 0 Å². The molecule has 2 N–H and O–H groups in total. The first-order valence-electron chi connectivity index (χ1n) is 6.10. The van der Waals surface area contributed by atoms with Crippen LogP contribution in [0, 0.1) is 25.7 Å². The number of aryl methyl sites for hydroxylation is 2. The quantitative estimate of drug-likeness (QED) is 0.837. The van der Waals surface area contributed by atoms with Crippen LogP contribution in [0.25, 0.3) is 0 Å². The van der Waals surface area contributed by atoms with E-state index in [-0.39, 0.29) is 17.3 Å². The van der Waals surface area contributed by atoms with Crippen LogP contribution < -0.4 is 4.72 Å². The van der Waals surface area contributed by atoms with Crippen LogP contribution in [0.4, 0.5) is 5.69 Å². The highest BCUT2D eigenvalue weighted by molar-refractivity contribution is 7.92. The molecule has 0 unspecified atom stereocenters. The highest BCUT2D eigenvalue weighted by Gasteiger charge is 2.24. The first kappa shape index (κ1) is 15.1. The lowest BCUT2D eigenvalue weighted by atomic mass is 10.2. The largest absolute Gasteiger partial charge is 0.384 e. The number of aliphatic hydroxyl groups is 1. The molecule has 0 aliphatic heterocycles. The molecule has 7 heteroatoms. The normalized spacial score (nSPS) is 10.8. The van der Waals surface area contributed by atoms with Crippen molar-refractivity contribution < 1.29 is 18.0 Å². The topological polar surface area (TPSA) is 92.4 Å². The summed E-state index contributed by atoms with van der Waals surface area (Å²) in [6.07, 6.45) is 0. The van der Waals surface area contributed by atoms with Crippen molar-refractivity contribution in [1.29, 1.82) is 0 Å². The number of para-hydroxylation sites is 1. The molecule has 0 saturated carbocycles. The van der Waals surface area contributed by atoms with E-state index in [1.807, 2.05) is 0 Å². The molecule has 1 aromatic carbocycles. The molecule has 0 fully saturated rings. The van der Waals surface area contributed by atoms with Crippen molar-refractivity contribution in [3.8, 4) is 11.8 Å². The van der Waals surface area contributed by atoms with Gasteiger partial charge in [0.25, 0.3) is 10.0 Å². The van der Waals surface area contributed by atoms with E-state index in [2.05, 4.69) is 21.7 Å². The number of aliphatic hydroxyl groups excluding tert-OH is 1. The van der Waals surface area contributed by atoms with E-state index in [1.165, 1.54) is 6.92 Å². The summed E-state index contributed by atoms with van der Waals surface area (Å²) in [5.74, 6) is 5.40. The second kappa shape index (κ2) is 5.99. The van der Waals surface area contributed by atoms with Crippen molar-refractivity contribution in [2.75, 3.05) is 11.3 Å². The number of sulfonamides is 1. The van der Waals surface area contributed by atoms with Gasteiger partial charge >= 0.3 is 0 Å². The zero-order valence-electron chi connectivity index (χ0n) is 11.5. The van der Waals surface area contributed by atoms with Gasteiger partial charge in [-0.25, -0.2) is 8.42 Å². The SMILES string of the molecule is Cc1noc(C)c1S(=O)(=O)Nc1ccccc1C#CCO. The second-order valence-electron chi connectivity index (χ2n) is 4.26. The van der Waals surface area contributed by atoms with Crippen LogP contribution in [-0.4, -0.2) is 25.3 Å². The minimum atomic E-state index is -3.82. The van der Waals surface area contributed by atoms with Gasteiger partial charge in [0, 0.05) is 5.56 Å². The Kier molecular flexibility index (Phi) is 4.31. The van der Waals surface area contributed by atoms with E-state index < -0.39 is 10.0 Å². The van der Waals surface area contributed by atoms with E-state index in [0.717, 1.165) is 0 Å². The zero-order valence-corrected chi connectivity index (χ0v) is 12.4. The van der Waals surface area contributed by atoms with Gasteiger partial charge in [0.05, 0.1) is 5.69 Å². The van der Waals surface area contributed by atoms with Crippen molar-refractivity contribution >= 4 is 15.7 Å². The molecule has 0 amide bonds. The fourth-order valence-corrected chi connectivity index (χ4v) is 3.28. The molecule has 0 spiro atoms. The third kappa shape index (κ3) is 3.24. The number of hydrogen-bond donors (Lipinski definition) is 2. The Bertz CT molecular complexity index is 793. The van der Waals surface area contributed by atoms with Gasteiger partial charge in [-0.3, -0.25) is 4.72 Å². The van der Waals surface area contributed by atoms with Gasteiger partial charge in [-0.05, 0) is 26.0 Å². The van der Waals surface area contributed by atoms with Crippen molar-refractivity contribution in [2.45, 2.75) is 18.7 Å². The molecule has 1 aromatic heterocycles. The number of nitrogens with zero attached hydrogens (tertiary/aromatic N) is 1. The van der Waals surface area contributed by atoms with Crippen LogP contribution in [0.2, 0.25) is 0 Å². The minimum absolute atomic E-state index is 0.0208. The highest BCUT2D eigenvalue weighted by Crippen LogP contribution is 2.23. The molecule has 110 valence electrons. The Morgan fingerprint density at radius 1 is 1.33 bits per heavy atom. The Morgan fingerprint density at radius 3 is 2.67 bits per heavy atom. The molecular formula is C14H14N2O4S. The third-order valence-electron chi connectivity index (χ3n) is 2.71. The maximum absolute atomic E-state index is 12.4. The predicted octanol–water partition coefficient (Wildman–Crippen LogP) is 1.44. The maximum Gasteiger partial charge on any atom is 0.267 e. The van der Waals surface area contributed by atoms with E-state index in [0.29, 0.717) is 16.9 Å². The average Bonchev–Trinajstić information content (AvgIpc) is 2.77. The first-order valence-corrected chi connectivity index (χ1v) is 7.58. The zero-order chi connectivity index (χ0) is 15.5. The average molecular weight is 306 g/mol. The number of nitrogens with one attached hydrogen (secondary N) is 1. The number of aromatic nitrogens is 1. The van der Waals surface area contributed by atoms with Gasteiger partial charge in [0.1, 0.15) is 12.3 Å². The van der Waals surface area contributed by atoms with Crippen molar-refractivity contribution in [2.24, 2.45) is 0 Å². The van der Waals surface area contributed by atoms with Gasteiger partial charge < -0.3 is 9.63 Å². The molecule has 0 bridgehead atoms. The molecular weight excluding hydrogens is 292 g/mol. The fourth-order valence-electron chi connectivity index (χ4n) is 1.87. The summed E-state index contributed by atoms with van der Waals surface area (Å²) >= 11 is 0. The van der Waals surface area contributed by atoms with Gasteiger partial charge in [-0.15, -0.1) is 0 Å². The molecule has 0 aliphatic rings. The molecule has 1 heterocycles. The summed E-state index contributed by atoms with van der Waals surface area (Å²) in [6, 6.07) is 6.68. The van der Waals surface area contributed by atoms with Crippen molar-refractivity contribution in [3.05, 3.63) is 41.3 Å². The number of hydrogen-bond acceptors (Lipinski definition) is 5. The monoisotopic (exact) mass is 306 g/mol. The lowest BCUT2D eigenvalue weighted by molar-refractivity contribution is 0.350. The molecule has 0 aliphatic carbocycles. The minimum Gasteiger partial charge on any atom is -0.384 e. The summed E-state index contributed by atoms with van der Waals surface area (Å²) in [5, 5.41) is 12.4. The van der Waals surface area contributed by atoms with Crippen LogP contribution in [0.1, 0.15) is 17.0 Å². The molecule has 0 atom stereocenters. The smallest absolute Gasteiger partial charge is 0.267 e. The Balaban J connectivity index is 2.43. The van der Waals surface area contributed by atoms with Gasteiger partial charge in [0.2, 0.25) is 0 Å². The maximum atomic E-state index is 12.4. The van der Waals surface area contributed by atoms with Crippen LogP contribution in [0.15, 0.2) is 33.7 Å². The lowest BCUT2D eigenvalue weighted by Crippen LogP contribution is -2.15. The number of anilines is 1. The van der Waals surface area contributed by atoms with Crippen LogP contribution in [0.3, 0.4) is 0 Å². The number of benzene rings is 1. The molecule has 21 heavy (non-hydrogen) atoms. The standard InChI is InChI=1S/C14H14N2O4S/c1-10-14(11(2)20-15-10)21(18,19)16-13-8-4-3-6-12(13)7-5-9-17/h3-4,6,8,16-17H,9H2,1-2H3. The van der Waals surface area contributed by atoms with Crippen molar-refractivity contribution in [1.82, 2.24) is 5.16 Å². The fraction of sp³-hybridized carbons (Fsp3) is 0.214. The van der Waals surface area contributed by atoms with Crippen LogP contribution in [0.5, 0.6) is 0 Å². The lowest BCUT2D eigenvalue weighted by Gasteiger charge is -2.09. The summed E-state index contributed by atoms with van der Waals surface area (Å²) in [7, 11) is -3.82. The molecule has 2 rings (SSSR count). The Hall–Kier alpha value is -2.30. The molecule has 0 radical (unpaired) electrons. The van der Waals surface area contributed by atoms with E-state index >= 15 is 0 Å². The molecule has 0 saturated heterocycles. The Labute approximate surface area is 122 Å². The first-order chi connectivity index (χ1) is 9.95. The van der Waals surface area contributed by atoms with Gasteiger partial charge in [-0.1, -0.05) is 29.1 Å². The predicted molar refractivity (Wildman–Crippen MR) is 77.2 cm³/mol. The van der Waals surface area contributed by atoms with Crippen LogP contribution in [-0.2, 0) is 10.0 Å². The summed E-state index contributed by atoms with van der Waals surface area (Å²) in [5.41, 5.74) is 1.10. The number of rotatable bonds is 3. The molecule has 6 nitrogen and oxygen atoms in total. The van der Waals surface area contributed by atoms with E-state index in [9.17, 15) is 8.42 Å². The van der Waals surface area contributed by atoms with Gasteiger partial charge in [0.15, 0.2) is 10.7 Å². The van der Waals surface area contributed by atoms with E-state index in [4.69, 9.17) is 9.63 Å². The summed E-state index contributed by atoms with van der Waals surface area (Å²) in [6.45, 7) is 2.79. The van der Waals surface area contributed by atoms with Gasteiger partial charge in [-0.2, -0.15) is 0 Å². The van der Waals surface area contributed by atoms with Crippen molar-refractivity contribution in [3.63, 3.8) is 0 Å². The second-order valence-corrected chi connectivity index (χ2v) is 5.88. The van der Waals surface area contributed by atoms with E-state index in [1.54, 1.807) is 31.2 Å². The third-order valence-corrected chi connectivity index (χ3v) is 4.32. The molecule has 2 aromatic rings. The highest BCUT2D eigenvalue weighted by atomic mass is 32.2. The summed E-state index contributed by atoms with van der Waals surface area (Å²) < 4.78 is 32.2. The summed E-state index contributed by atoms with van der Waals surface area (Å²) in [4.78, 5) is 0.0208.